The van der Waals surface area contributed by atoms with E-state index in [1.807, 2.05) is 0 Å². The number of phenols is 1. The van der Waals surface area contributed by atoms with Gasteiger partial charge in [-0.1, -0.05) is 11.6 Å². The van der Waals surface area contributed by atoms with Gasteiger partial charge in [-0.3, -0.25) is 0 Å². The summed E-state index contributed by atoms with van der Waals surface area (Å²) in [4.78, 5) is 10.6. The first kappa shape index (κ1) is 9.67. The van der Waals surface area contributed by atoms with Crippen LogP contribution in [0.25, 0.3) is 0 Å². The molecule has 4 nitrogen and oxygen atoms in total. The molecule has 2 N–H and O–H groups in total. The quantitative estimate of drug-likeness (QED) is 0.767. The van der Waals surface area contributed by atoms with Crippen molar-refractivity contribution in [2.75, 3.05) is 7.11 Å². The SMILES string of the molecule is COc1cc(Cl)cc(C(=O)O)c1O. The van der Waals surface area contributed by atoms with Crippen LogP contribution in [0, 0.1) is 0 Å². The van der Waals surface area contributed by atoms with E-state index in [0.29, 0.717) is 0 Å². The second kappa shape index (κ2) is 3.53. The van der Waals surface area contributed by atoms with Crippen molar-refractivity contribution >= 4 is 17.6 Å². The molecule has 13 heavy (non-hydrogen) atoms. The summed E-state index contributed by atoms with van der Waals surface area (Å²) >= 11 is 5.59. The smallest absolute Gasteiger partial charge is 0.339 e. The molecular weight excluding hydrogens is 196 g/mol. The molecule has 0 bridgehead atoms. The van der Waals surface area contributed by atoms with Gasteiger partial charge in [0, 0.05) is 11.1 Å². The molecule has 0 spiro atoms. The zero-order valence-electron chi connectivity index (χ0n) is 6.74. The summed E-state index contributed by atoms with van der Waals surface area (Å²) < 4.78 is 4.72. The second-order valence-corrected chi connectivity index (χ2v) is 2.75. The molecule has 5 heteroatoms. The van der Waals surface area contributed by atoms with Crippen molar-refractivity contribution in [3.05, 3.63) is 22.7 Å². The fourth-order valence-electron chi connectivity index (χ4n) is 0.893. The summed E-state index contributed by atoms with van der Waals surface area (Å²) in [6, 6.07) is 2.49. The fourth-order valence-corrected chi connectivity index (χ4v) is 1.10. The van der Waals surface area contributed by atoms with Crippen LogP contribution in [0.15, 0.2) is 12.1 Å². The standard InChI is InChI=1S/C8H7ClO4/c1-13-6-3-4(9)2-5(7(6)10)8(11)12/h2-3,10H,1H3,(H,11,12). The lowest BCUT2D eigenvalue weighted by atomic mass is 10.2. The highest BCUT2D eigenvalue weighted by molar-refractivity contribution is 6.31. The molecule has 70 valence electrons. The van der Waals surface area contributed by atoms with Gasteiger partial charge < -0.3 is 14.9 Å². The Labute approximate surface area is 79.3 Å². The minimum absolute atomic E-state index is 0.0462. The van der Waals surface area contributed by atoms with E-state index in [4.69, 9.17) is 21.4 Å². The van der Waals surface area contributed by atoms with Crippen molar-refractivity contribution in [3.63, 3.8) is 0 Å². The number of carbonyl (C=O) groups is 1. The zero-order valence-corrected chi connectivity index (χ0v) is 7.50. The minimum atomic E-state index is -1.25. The molecular formula is C8H7ClO4. The van der Waals surface area contributed by atoms with Gasteiger partial charge in [0.25, 0.3) is 0 Å². The number of benzene rings is 1. The van der Waals surface area contributed by atoms with Gasteiger partial charge in [0.15, 0.2) is 11.5 Å². The predicted molar refractivity (Wildman–Crippen MR) is 46.6 cm³/mol. The number of halogens is 1. The second-order valence-electron chi connectivity index (χ2n) is 2.31. The molecule has 1 aromatic carbocycles. The number of rotatable bonds is 2. The van der Waals surface area contributed by atoms with Gasteiger partial charge in [0.1, 0.15) is 5.56 Å². The van der Waals surface area contributed by atoms with Crippen LogP contribution in [-0.4, -0.2) is 23.3 Å². The number of aromatic hydroxyl groups is 1. The van der Waals surface area contributed by atoms with E-state index in [9.17, 15) is 9.90 Å². The molecule has 0 fully saturated rings. The summed E-state index contributed by atoms with van der Waals surface area (Å²) in [5.41, 5.74) is -0.274. The van der Waals surface area contributed by atoms with Crippen molar-refractivity contribution in [2.24, 2.45) is 0 Å². The highest BCUT2D eigenvalue weighted by Crippen LogP contribution is 2.33. The van der Waals surface area contributed by atoms with Crippen molar-refractivity contribution in [3.8, 4) is 11.5 Å². The molecule has 0 radical (unpaired) electrons. The van der Waals surface area contributed by atoms with Gasteiger partial charge in [-0.2, -0.15) is 0 Å². The van der Waals surface area contributed by atoms with Gasteiger partial charge in [0.05, 0.1) is 7.11 Å². The Kier molecular flexibility index (Phi) is 2.63. The van der Waals surface area contributed by atoms with Gasteiger partial charge in [0.2, 0.25) is 0 Å². The van der Waals surface area contributed by atoms with Crippen molar-refractivity contribution < 1.29 is 19.7 Å². The molecule has 0 aliphatic heterocycles. The number of hydrogen-bond acceptors (Lipinski definition) is 3. The summed E-state index contributed by atoms with van der Waals surface area (Å²) in [6.45, 7) is 0. The van der Waals surface area contributed by atoms with E-state index < -0.39 is 11.7 Å². The molecule has 0 atom stereocenters. The molecule has 0 aliphatic carbocycles. The summed E-state index contributed by atoms with van der Waals surface area (Å²) in [5.74, 6) is -1.62. The third-order valence-corrected chi connectivity index (χ3v) is 1.71. The maximum atomic E-state index is 10.6. The van der Waals surface area contributed by atoms with E-state index in [1.165, 1.54) is 13.2 Å². The normalized spacial score (nSPS) is 9.69. The van der Waals surface area contributed by atoms with Crippen LogP contribution in [0.1, 0.15) is 10.4 Å². The van der Waals surface area contributed by atoms with Crippen molar-refractivity contribution in [1.29, 1.82) is 0 Å². The predicted octanol–water partition coefficient (Wildman–Crippen LogP) is 1.75. The average molecular weight is 203 g/mol. The zero-order chi connectivity index (χ0) is 10.0. The largest absolute Gasteiger partial charge is 0.504 e. The molecule has 1 rings (SSSR count). The Morgan fingerprint density at radius 3 is 2.62 bits per heavy atom. The topological polar surface area (TPSA) is 66.8 Å². The van der Waals surface area contributed by atoms with E-state index in [0.717, 1.165) is 6.07 Å². The minimum Gasteiger partial charge on any atom is -0.504 e. The number of methoxy groups -OCH3 is 1. The number of hydrogen-bond donors (Lipinski definition) is 2. The Morgan fingerprint density at radius 1 is 1.54 bits per heavy atom. The molecule has 0 saturated carbocycles. The van der Waals surface area contributed by atoms with Gasteiger partial charge in [-0.15, -0.1) is 0 Å². The molecule has 0 amide bonds. The maximum Gasteiger partial charge on any atom is 0.339 e. The van der Waals surface area contributed by atoms with Crippen LogP contribution in [0.5, 0.6) is 11.5 Å². The average Bonchev–Trinajstić information content (AvgIpc) is 2.08. The van der Waals surface area contributed by atoms with Gasteiger partial charge >= 0.3 is 5.97 Å². The van der Waals surface area contributed by atoms with Gasteiger partial charge in [-0.05, 0) is 6.07 Å². The first-order valence-electron chi connectivity index (χ1n) is 3.36. The third kappa shape index (κ3) is 1.84. The lowest BCUT2D eigenvalue weighted by Crippen LogP contribution is -1.98. The van der Waals surface area contributed by atoms with Crippen LogP contribution >= 0.6 is 11.6 Å². The van der Waals surface area contributed by atoms with Crippen LogP contribution in [0.3, 0.4) is 0 Å². The molecule has 0 saturated heterocycles. The first-order valence-corrected chi connectivity index (χ1v) is 3.74. The van der Waals surface area contributed by atoms with E-state index in [2.05, 4.69) is 0 Å². The Balaban J connectivity index is 3.35. The Bertz CT molecular complexity index is 348. The highest BCUT2D eigenvalue weighted by Gasteiger charge is 2.15. The van der Waals surface area contributed by atoms with Crippen LogP contribution < -0.4 is 4.74 Å². The maximum absolute atomic E-state index is 10.6. The number of aromatic carboxylic acids is 1. The molecule has 0 aromatic heterocycles. The summed E-state index contributed by atoms with van der Waals surface area (Å²) in [5, 5.41) is 18.2. The summed E-state index contributed by atoms with van der Waals surface area (Å²) in [6.07, 6.45) is 0. The third-order valence-electron chi connectivity index (χ3n) is 1.49. The molecule has 0 heterocycles. The Morgan fingerprint density at radius 2 is 2.15 bits per heavy atom. The molecule has 0 aliphatic rings. The highest BCUT2D eigenvalue weighted by atomic mass is 35.5. The van der Waals surface area contributed by atoms with Crippen LogP contribution in [0.2, 0.25) is 5.02 Å². The van der Waals surface area contributed by atoms with Crippen molar-refractivity contribution in [1.82, 2.24) is 0 Å². The molecule has 0 unspecified atom stereocenters. The lowest BCUT2D eigenvalue weighted by molar-refractivity contribution is 0.0693. The first-order chi connectivity index (χ1) is 6.06. The number of carboxylic acid groups (broad SMARTS) is 1. The van der Waals surface area contributed by atoms with Crippen LogP contribution in [0.4, 0.5) is 0 Å². The van der Waals surface area contributed by atoms with Crippen LogP contribution in [-0.2, 0) is 0 Å². The fraction of sp³-hybridized carbons (Fsp3) is 0.125. The monoisotopic (exact) mass is 202 g/mol. The Hall–Kier alpha value is -1.42. The lowest BCUT2D eigenvalue weighted by Gasteiger charge is -2.06. The van der Waals surface area contributed by atoms with E-state index >= 15 is 0 Å². The van der Waals surface area contributed by atoms with Gasteiger partial charge in [-0.25, -0.2) is 4.79 Å². The number of carboxylic acids is 1. The molecule has 1 aromatic rings. The van der Waals surface area contributed by atoms with Crippen molar-refractivity contribution in [2.45, 2.75) is 0 Å². The van der Waals surface area contributed by atoms with E-state index in [1.54, 1.807) is 0 Å². The number of ether oxygens (including phenoxy) is 1. The van der Waals surface area contributed by atoms with E-state index in [-0.39, 0.29) is 16.3 Å². The summed E-state index contributed by atoms with van der Waals surface area (Å²) in [7, 11) is 1.32.